The minimum absolute atomic E-state index is 0.104. The van der Waals surface area contributed by atoms with Gasteiger partial charge in [-0.1, -0.05) is 18.2 Å². The van der Waals surface area contributed by atoms with Crippen LogP contribution in [0.25, 0.3) is 22.4 Å². The Morgan fingerprint density at radius 2 is 1.88 bits per heavy atom. The number of aromatic amines is 1. The third kappa shape index (κ3) is 4.00. The molecule has 2 aromatic heterocycles. The summed E-state index contributed by atoms with van der Waals surface area (Å²) in [5, 5.41) is 6.60. The highest BCUT2D eigenvalue weighted by atomic mass is 19.4. The van der Waals surface area contributed by atoms with Gasteiger partial charge < -0.3 is 14.2 Å². The van der Waals surface area contributed by atoms with Crippen LogP contribution in [0.3, 0.4) is 0 Å². The smallest absolute Gasteiger partial charge is 0.378 e. The summed E-state index contributed by atoms with van der Waals surface area (Å²) in [6.07, 6.45) is -3.39. The van der Waals surface area contributed by atoms with Crippen LogP contribution in [-0.4, -0.2) is 51.0 Å². The van der Waals surface area contributed by atoms with Crippen LogP contribution in [0.4, 0.5) is 23.2 Å². The van der Waals surface area contributed by atoms with Crippen LogP contribution >= 0.6 is 0 Å². The van der Waals surface area contributed by atoms with E-state index in [4.69, 9.17) is 4.74 Å². The molecule has 1 aliphatic rings. The second-order valence-corrected chi connectivity index (χ2v) is 8.15. The molecule has 0 amide bonds. The van der Waals surface area contributed by atoms with Gasteiger partial charge in [-0.05, 0) is 35.7 Å². The fourth-order valence-corrected chi connectivity index (χ4v) is 4.33. The number of ether oxygens (including phenoxy) is 1. The predicted molar refractivity (Wildman–Crippen MR) is 118 cm³/mol. The normalized spacial score (nSPS) is 14.8. The van der Waals surface area contributed by atoms with Gasteiger partial charge in [-0.2, -0.15) is 18.3 Å². The third-order valence-corrected chi connectivity index (χ3v) is 6.17. The van der Waals surface area contributed by atoms with Crippen LogP contribution < -0.4 is 4.90 Å². The summed E-state index contributed by atoms with van der Waals surface area (Å²) >= 11 is 0. The molecular weight excluding hydrogens is 452 g/mol. The van der Waals surface area contributed by atoms with Gasteiger partial charge in [0.2, 0.25) is 5.82 Å². The Morgan fingerprint density at radius 3 is 2.56 bits per heavy atom. The Hall–Kier alpha value is -3.47. The molecule has 178 valence electrons. The van der Waals surface area contributed by atoms with Crippen molar-refractivity contribution in [3.8, 4) is 11.4 Å². The zero-order valence-electron chi connectivity index (χ0n) is 18.4. The van der Waals surface area contributed by atoms with E-state index in [1.807, 2.05) is 0 Å². The molecule has 11 heteroatoms. The maximum absolute atomic E-state index is 14.2. The number of hydrogen-bond donors (Lipinski definition) is 1. The highest BCUT2D eigenvalue weighted by Crippen LogP contribution is 2.38. The lowest BCUT2D eigenvalue weighted by molar-refractivity contribution is -0.146. The number of H-pyrrole nitrogens is 1. The second-order valence-electron chi connectivity index (χ2n) is 8.15. The molecule has 7 nitrogen and oxygen atoms in total. The van der Waals surface area contributed by atoms with Crippen LogP contribution in [0.1, 0.15) is 22.5 Å². The quantitative estimate of drug-likeness (QED) is 0.431. The van der Waals surface area contributed by atoms with Gasteiger partial charge in [-0.15, -0.1) is 0 Å². The number of alkyl halides is 4. The van der Waals surface area contributed by atoms with E-state index < -0.39 is 18.7 Å². The first-order chi connectivity index (χ1) is 16.4. The van der Waals surface area contributed by atoms with E-state index in [2.05, 4.69) is 25.1 Å². The maximum Gasteiger partial charge on any atom is 0.449 e. The summed E-state index contributed by atoms with van der Waals surface area (Å²) in [4.78, 5) is 10.2. The number of nitrogens with zero attached hydrogens (tertiary/aromatic N) is 5. The topological polar surface area (TPSA) is 71.9 Å². The van der Waals surface area contributed by atoms with E-state index in [9.17, 15) is 17.6 Å². The highest BCUT2D eigenvalue weighted by Gasteiger charge is 2.38. The van der Waals surface area contributed by atoms with Crippen molar-refractivity contribution in [2.24, 2.45) is 0 Å². The molecule has 1 N–H and O–H groups in total. The number of hydrogen-bond acceptors (Lipinski definition) is 5. The molecule has 0 aliphatic carbocycles. The van der Waals surface area contributed by atoms with Gasteiger partial charge in [-0.3, -0.25) is 5.10 Å². The molecule has 4 aromatic rings. The summed E-state index contributed by atoms with van der Waals surface area (Å²) in [6, 6.07) is 8.50. The number of rotatable bonds is 5. The molecule has 5 rings (SSSR count). The monoisotopic (exact) mass is 474 g/mol. The maximum atomic E-state index is 14.2. The Bertz CT molecular complexity index is 1310. The first kappa shape index (κ1) is 22.3. The number of benzene rings is 2. The molecule has 0 saturated carbocycles. The van der Waals surface area contributed by atoms with Crippen LogP contribution in [0.2, 0.25) is 0 Å². The Morgan fingerprint density at radius 1 is 1.12 bits per heavy atom. The minimum atomic E-state index is -4.69. The van der Waals surface area contributed by atoms with Crippen molar-refractivity contribution in [2.45, 2.75) is 26.3 Å². The largest absolute Gasteiger partial charge is 0.449 e. The molecule has 0 radical (unpaired) electrons. The molecule has 0 bridgehead atoms. The third-order valence-electron chi connectivity index (χ3n) is 6.17. The van der Waals surface area contributed by atoms with Crippen molar-refractivity contribution in [3.63, 3.8) is 0 Å². The SMILES string of the molecule is Cc1c(CF)cccc1Cn1c(C(F)(F)F)nc2c(-c3ncn[nH]3)cc(N3CCOCC3)cc21. The fraction of sp³-hybridized carbons (Fsp3) is 0.348. The molecule has 1 saturated heterocycles. The van der Waals surface area contributed by atoms with Crippen molar-refractivity contribution in [1.29, 1.82) is 0 Å². The zero-order chi connectivity index (χ0) is 23.9. The average molecular weight is 474 g/mol. The second kappa shape index (κ2) is 8.71. The van der Waals surface area contributed by atoms with Gasteiger partial charge in [0.1, 0.15) is 18.5 Å². The van der Waals surface area contributed by atoms with Gasteiger partial charge in [-0.25, -0.2) is 14.4 Å². The number of fused-ring (bicyclic) bond motifs is 1. The van der Waals surface area contributed by atoms with Crippen molar-refractivity contribution in [3.05, 3.63) is 59.2 Å². The van der Waals surface area contributed by atoms with Crippen molar-refractivity contribution in [2.75, 3.05) is 31.2 Å². The average Bonchev–Trinajstić information content (AvgIpc) is 3.49. The highest BCUT2D eigenvalue weighted by molar-refractivity contribution is 5.94. The number of nitrogens with one attached hydrogen (secondary N) is 1. The van der Waals surface area contributed by atoms with E-state index in [-0.39, 0.29) is 12.1 Å². The van der Waals surface area contributed by atoms with E-state index >= 15 is 0 Å². The molecule has 34 heavy (non-hydrogen) atoms. The number of morpholine rings is 1. The van der Waals surface area contributed by atoms with E-state index in [0.29, 0.717) is 59.9 Å². The Kier molecular flexibility index (Phi) is 5.72. The summed E-state index contributed by atoms with van der Waals surface area (Å²) in [5.74, 6) is -0.693. The Labute approximate surface area is 192 Å². The number of aromatic nitrogens is 5. The fourth-order valence-electron chi connectivity index (χ4n) is 4.33. The van der Waals surface area contributed by atoms with Gasteiger partial charge in [0.15, 0.2) is 5.82 Å². The van der Waals surface area contributed by atoms with Crippen LogP contribution in [0.5, 0.6) is 0 Å². The van der Waals surface area contributed by atoms with Crippen molar-refractivity contribution in [1.82, 2.24) is 24.7 Å². The molecule has 0 spiro atoms. The first-order valence-electron chi connectivity index (χ1n) is 10.8. The molecule has 0 atom stereocenters. The minimum Gasteiger partial charge on any atom is -0.378 e. The van der Waals surface area contributed by atoms with Gasteiger partial charge in [0.25, 0.3) is 0 Å². The summed E-state index contributed by atoms with van der Waals surface area (Å²) in [5.41, 5.74) is 3.32. The summed E-state index contributed by atoms with van der Waals surface area (Å²) < 4.78 is 62.5. The molecular formula is C23H22F4N6O. The zero-order valence-corrected chi connectivity index (χ0v) is 18.4. The predicted octanol–water partition coefficient (Wildman–Crippen LogP) is 4.50. The van der Waals surface area contributed by atoms with E-state index in [1.165, 1.54) is 6.33 Å². The molecule has 1 aliphatic heterocycles. The number of anilines is 1. The molecule has 1 fully saturated rings. The lowest BCUT2D eigenvalue weighted by Gasteiger charge is -2.29. The van der Waals surface area contributed by atoms with Crippen LogP contribution in [0.15, 0.2) is 36.7 Å². The number of imidazole rings is 1. The van der Waals surface area contributed by atoms with Gasteiger partial charge >= 0.3 is 6.18 Å². The van der Waals surface area contributed by atoms with E-state index in [0.717, 1.165) is 10.3 Å². The van der Waals surface area contributed by atoms with Crippen molar-refractivity contribution < 1.29 is 22.3 Å². The Balaban J connectivity index is 1.75. The summed E-state index contributed by atoms with van der Waals surface area (Å²) in [6.45, 7) is 3.20. The first-order valence-corrected chi connectivity index (χ1v) is 10.8. The van der Waals surface area contributed by atoms with Crippen molar-refractivity contribution >= 4 is 16.7 Å². The number of halogens is 4. The van der Waals surface area contributed by atoms with Gasteiger partial charge in [0, 0.05) is 30.9 Å². The lowest BCUT2D eigenvalue weighted by Crippen LogP contribution is -2.36. The lowest BCUT2D eigenvalue weighted by atomic mass is 10.0. The molecule has 3 heterocycles. The van der Waals surface area contributed by atoms with Gasteiger partial charge in [0.05, 0.1) is 18.7 Å². The summed E-state index contributed by atoms with van der Waals surface area (Å²) in [7, 11) is 0. The molecule has 2 aromatic carbocycles. The van der Waals surface area contributed by atoms with Crippen LogP contribution in [-0.2, 0) is 24.1 Å². The van der Waals surface area contributed by atoms with Crippen LogP contribution in [0, 0.1) is 6.92 Å². The molecule has 0 unspecified atom stereocenters. The van der Waals surface area contributed by atoms with E-state index in [1.54, 1.807) is 37.3 Å². The standard InChI is InChI=1S/C23H22F4N6O/c1-14-15(11-24)3-2-4-16(14)12-33-19-10-17(32-5-7-34-8-6-32)9-18(21-28-13-29-31-21)20(19)30-22(33)23(25,26)27/h2-4,9-10,13H,5-8,11-12H2,1H3,(H,28,29,31).